The van der Waals surface area contributed by atoms with E-state index in [-0.39, 0.29) is 17.9 Å². The van der Waals surface area contributed by atoms with Crippen LogP contribution in [-0.4, -0.2) is 42.7 Å². The molecule has 1 aliphatic carbocycles. The summed E-state index contributed by atoms with van der Waals surface area (Å²) in [6.45, 7) is 1.67. The summed E-state index contributed by atoms with van der Waals surface area (Å²) in [5, 5.41) is 8.73. The molecule has 4 heteroatoms. The van der Waals surface area contributed by atoms with Crippen molar-refractivity contribution in [2.45, 2.75) is 57.8 Å². The molecule has 0 aliphatic heterocycles. The number of hydrogen-bond donors (Lipinski definition) is 2. The maximum absolute atomic E-state index is 12.3. The number of unbranched alkanes of at least 4 members (excludes halogenated alkanes) is 2. The molecule has 0 spiro atoms. The molecule has 0 heterocycles. The van der Waals surface area contributed by atoms with Crippen LogP contribution in [0.4, 0.5) is 0 Å². The molecule has 3 N–H and O–H groups in total. The van der Waals surface area contributed by atoms with Gasteiger partial charge in [0.15, 0.2) is 0 Å². The molecule has 0 radical (unpaired) electrons. The molecule has 0 saturated heterocycles. The van der Waals surface area contributed by atoms with E-state index < -0.39 is 0 Å². The highest BCUT2D eigenvalue weighted by atomic mass is 16.2. The van der Waals surface area contributed by atoms with Crippen LogP contribution in [0.15, 0.2) is 0 Å². The van der Waals surface area contributed by atoms with Gasteiger partial charge in [0.2, 0.25) is 5.91 Å². The second-order valence-corrected chi connectivity index (χ2v) is 6.04. The van der Waals surface area contributed by atoms with Gasteiger partial charge in [0, 0.05) is 26.6 Å². The zero-order valence-electron chi connectivity index (χ0n) is 12.4. The van der Waals surface area contributed by atoms with E-state index in [0.717, 1.165) is 38.6 Å². The molecule has 0 aromatic carbocycles. The molecule has 4 nitrogen and oxygen atoms in total. The standard InChI is InChI=1S/C15H30N2O2/c1-17(10-6-3-7-11-18)14(19)12-15(13-16)8-4-2-5-9-15/h18H,2-13,16H2,1H3. The van der Waals surface area contributed by atoms with Crippen molar-refractivity contribution in [2.24, 2.45) is 11.1 Å². The molecule has 0 aromatic heterocycles. The van der Waals surface area contributed by atoms with E-state index in [1.807, 2.05) is 11.9 Å². The Morgan fingerprint density at radius 3 is 2.47 bits per heavy atom. The smallest absolute Gasteiger partial charge is 0.222 e. The quantitative estimate of drug-likeness (QED) is 0.662. The summed E-state index contributed by atoms with van der Waals surface area (Å²) in [6, 6.07) is 0. The van der Waals surface area contributed by atoms with Crippen molar-refractivity contribution in [1.82, 2.24) is 4.90 Å². The highest BCUT2D eigenvalue weighted by molar-refractivity contribution is 5.76. The number of nitrogens with two attached hydrogens (primary N) is 1. The lowest BCUT2D eigenvalue weighted by atomic mass is 9.71. The van der Waals surface area contributed by atoms with Crippen LogP contribution in [-0.2, 0) is 4.79 Å². The minimum atomic E-state index is 0.0642. The summed E-state index contributed by atoms with van der Waals surface area (Å²) in [4.78, 5) is 14.1. The lowest BCUT2D eigenvalue weighted by molar-refractivity contribution is -0.133. The van der Waals surface area contributed by atoms with E-state index in [1.54, 1.807) is 0 Å². The van der Waals surface area contributed by atoms with Gasteiger partial charge in [-0.2, -0.15) is 0 Å². The Kier molecular flexibility index (Phi) is 7.39. The summed E-state index contributed by atoms with van der Waals surface area (Å²) in [5.74, 6) is 0.233. The van der Waals surface area contributed by atoms with Gasteiger partial charge in [-0.05, 0) is 44.1 Å². The molecule has 0 aromatic rings. The normalized spacial score (nSPS) is 18.3. The van der Waals surface area contributed by atoms with Crippen molar-refractivity contribution >= 4 is 5.91 Å². The van der Waals surface area contributed by atoms with Crippen LogP contribution in [0.2, 0.25) is 0 Å². The highest BCUT2D eigenvalue weighted by Crippen LogP contribution is 2.38. The largest absolute Gasteiger partial charge is 0.396 e. The van der Waals surface area contributed by atoms with Gasteiger partial charge in [-0.1, -0.05) is 19.3 Å². The third-order valence-electron chi connectivity index (χ3n) is 4.45. The number of aliphatic hydroxyl groups excluding tert-OH is 1. The Balaban J connectivity index is 2.34. The van der Waals surface area contributed by atoms with Crippen LogP contribution in [0.1, 0.15) is 57.8 Å². The molecule has 1 saturated carbocycles. The molecule has 0 unspecified atom stereocenters. The van der Waals surface area contributed by atoms with Crippen LogP contribution >= 0.6 is 0 Å². The fourth-order valence-electron chi connectivity index (χ4n) is 2.97. The third-order valence-corrected chi connectivity index (χ3v) is 4.45. The third kappa shape index (κ3) is 5.49. The molecule has 1 rings (SSSR count). The van der Waals surface area contributed by atoms with Crippen molar-refractivity contribution < 1.29 is 9.90 Å². The van der Waals surface area contributed by atoms with Crippen molar-refractivity contribution in [2.75, 3.05) is 26.7 Å². The number of hydrogen-bond acceptors (Lipinski definition) is 3. The molecular formula is C15H30N2O2. The Labute approximate surface area is 117 Å². The lowest BCUT2D eigenvalue weighted by Gasteiger charge is -2.36. The van der Waals surface area contributed by atoms with Crippen molar-refractivity contribution in [3.63, 3.8) is 0 Å². The number of aliphatic hydroxyl groups is 1. The Morgan fingerprint density at radius 2 is 1.89 bits per heavy atom. The zero-order valence-corrected chi connectivity index (χ0v) is 12.4. The Hall–Kier alpha value is -0.610. The predicted octanol–water partition coefficient (Wildman–Crippen LogP) is 1.91. The molecule has 0 atom stereocenters. The van der Waals surface area contributed by atoms with Crippen LogP contribution in [0.25, 0.3) is 0 Å². The second-order valence-electron chi connectivity index (χ2n) is 6.04. The first-order valence-electron chi connectivity index (χ1n) is 7.68. The van der Waals surface area contributed by atoms with Crippen LogP contribution in [0.5, 0.6) is 0 Å². The molecule has 112 valence electrons. The van der Waals surface area contributed by atoms with Crippen LogP contribution < -0.4 is 5.73 Å². The van der Waals surface area contributed by atoms with Crippen LogP contribution in [0, 0.1) is 5.41 Å². The number of rotatable bonds is 8. The summed E-state index contributed by atoms with van der Waals surface area (Å²) in [5.41, 5.74) is 5.99. The molecule has 1 fully saturated rings. The first-order chi connectivity index (χ1) is 9.13. The van der Waals surface area contributed by atoms with E-state index >= 15 is 0 Å². The summed E-state index contributed by atoms with van der Waals surface area (Å²) in [6.07, 6.45) is 9.31. The maximum Gasteiger partial charge on any atom is 0.222 e. The van der Waals surface area contributed by atoms with Gasteiger partial charge in [0.25, 0.3) is 0 Å². The summed E-state index contributed by atoms with van der Waals surface area (Å²) >= 11 is 0. The van der Waals surface area contributed by atoms with Gasteiger partial charge in [-0.15, -0.1) is 0 Å². The van der Waals surface area contributed by atoms with Crippen molar-refractivity contribution in [3.8, 4) is 0 Å². The number of carbonyl (C=O) groups excluding carboxylic acids is 1. The fraction of sp³-hybridized carbons (Fsp3) is 0.933. The van der Waals surface area contributed by atoms with E-state index in [2.05, 4.69) is 0 Å². The van der Waals surface area contributed by atoms with Crippen molar-refractivity contribution in [3.05, 3.63) is 0 Å². The highest BCUT2D eigenvalue weighted by Gasteiger charge is 2.33. The predicted molar refractivity (Wildman–Crippen MR) is 77.8 cm³/mol. The SMILES string of the molecule is CN(CCCCCO)C(=O)CC1(CN)CCCCC1. The van der Waals surface area contributed by atoms with Gasteiger partial charge in [0.05, 0.1) is 0 Å². The topological polar surface area (TPSA) is 66.6 Å². The fourth-order valence-corrected chi connectivity index (χ4v) is 2.97. The first kappa shape index (κ1) is 16.4. The number of nitrogens with zero attached hydrogens (tertiary/aromatic N) is 1. The van der Waals surface area contributed by atoms with E-state index in [9.17, 15) is 4.79 Å². The molecular weight excluding hydrogens is 240 g/mol. The zero-order chi connectivity index (χ0) is 14.1. The summed E-state index contributed by atoms with van der Waals surface area (Å²) < 4.78 is 0. The van der Waals surface area contributed by atoms with E-state index in [0.29, 0.717) is 13.0 Å². The van der Waals surface area contributed by atoms with Gasteiger partial charge in [-0.3, -0.25) is 4.79 Å². The second kappa shape index (κ2) is 8.54. The van der Waals surface area contributed by atoms with Gasteiger partial charge in [0.1, 0.15) is 0 Å². The number of carbonyl (C=O) groups is 1. The monoisotopic (exact) mass is 270 g/mol. The minimum Gasteiger partial charge on any atom is -0.396 e. The van der Waals surface area contributed by atoms with Gasteiger partial charge in [-0.25, -0.2) is 0 Å². The van der Waals surface area contributed by atoms with Gasteiger partial charge >= 0.3 is 0 Å². The average Bonchev–Trinajstić information content (AvgIpc) is 2.44. The van der Waals surface area contributed by atoms with E-state index in [4.69, 9.17) is 10.8 Å². The van der Waals surface area contributed by atoms with Crippen molar-refractivity contribution in [1.29, 1.82) is 0 Å². The lowest BCUT2D eigenvalue weighted by Crippen LogP contribution is -2.39. The van der Waals surface area contributed by atoms with Crippen LogP contribution in [0.3, 0.4) is 0 Å². The molecule has 1 amide bonds. The first-order valence-corrected chi connectivity index (χ1v) is 7.68. The van der Waals surface area contributed by atoms with E-state index in [1.165, 1.54) is 19.3 Å². The Morgan fingerprint density at radius 1 is 1.21 bits per heavy atom. The summed E-state index contributed by atoms with van der Waals surface area (Å²) in [7, 11) is 1.88. The minimum absolute atomic E-state index is 0.0642. The number of amides is 1. The Bertz CT molecular complexity index is 263. The molecule has 0 bridgehead atoms. The van der Waals surface area contributed by atoms with Gasteiger partial charge < -0.3 is 15.7 Å². The maximum atomic E-state index is 12.3. The molecule has 1 aliphatic rings. The molecule has 19 heavy (non-hydrogen) atoms. The average molecular weight is 270 g/mol.